The fraction of sp³-hybridized carbons (Fsp3) is 0.429. The van der Waals surface area contributed by atoms with Gasteiger partial charge in [0.25, 0.3) is 0 Å². The van der Waals surface area contributed by atoms with E-state index in [-0.39, 0.29) is 5.91 Å². The number of piperidine rings is 1. The van der Waals surface area contributed by atoms with Gasteiger partial charge in [0, 0.05) is 24.0 Å². The van der Waals surface area contributed by atoms with Crippen molar-refractivity contribution in [3.63, 3.8) is 0 Å². The number of aromatic nitrogens is 1. The van der Waals surface area contributed by atoms with Crippen molar-refractivity contribution in [2.75, 3.05) is 6.54 Å². The molecule has 5 heteroatoms. The third-order valence-corrected chi connectivity index (χ3v) is 5.53. The molecule has 4 nitrogen and oxygen atoms in total. The zero-order valence-corrected chi connectivity index (χ0v) is 16.3. The predicted octanol–water partition coefficient (Wildman–Crippen LogP) is 4.83. The summed E-state index contributed by atoms with van der Waals surface area (Å²) in [4.78, 5) is 19.0. The Morgan fingerprint density at radius 2 is 2.31 bits per heavy atom. The van der Waals surface area contributed by atoms with Crippen LogP contribution >= 0.6 is 11.3 Å². The molecule has 138 valence electrons. The van der Waals surface area contributed by atoms with Crippen LogP contribution in [0, 0.1) is 6.92 Å². The van der Waals surface area contributed by atoms with Crippen molar-refractivity contribution in [2.24, 2.45) is 0 Å². The highest BCUT2D eigenvalue weighted by molar-refractivity contribution is 7.09. The van der Waals surface area contributed by atoms with Crippen LogP contribution in [0.25, 0.3) is 6.08 Å². The van der Waals surface area contributed by atoms with Gasteiger partial charge in [0.15, 0.2) is 0 Å². The minimum absolute atomic E-state index is 0.112. The van der Waals surface area contributed by atoms with Gasteiger partial charge in [-0.25, -0.2) is 4.98 Å². The molecule has 3 rings (SSSR count). The lowest BCUT2D eigenvalue weighted by molar-refractivity contribution is -0.129. The highest BCUT2D eigenvalue weighted by atomic mass is 32.1. The van der Waals surface area contributed by atoms with Crippen LogP contribution < -0.4 is 4.74 Å². The van der Waals surface area contributed by atoms with Gasteiger partial charge in [-0.3, -0.25) is 4.79 Å². The number of carbonyl (C=O) groups excluding carboxylic acids is 1. The molecule has 0 saturated carbocycles. The Labute approximate surface area is 159 Å². The van der Waals surface area contributed by atoms with E-state index in [2.05, 4.69) is 11.9 Å². The summed E-state index contributed by atoms with van der Waals surface area (Å²) in [5, 5.41) is 3.06. The summed E-state index contributed by atoms with van der Waals surface area (Å²) in [6.45, 7) is 5.48. The fourth-order valence-corrected chi connectivity index (χ4v) is 3.92. The molecule has 1 atom stereocenters. The number of carbonyl (C=O) groups is 1. The van der Waals surface area contributed by atoms with E-state index in [9.17, 15) is 4.79 Å². The first-order valence-corrected chi connectivity index (χ1v) is 10.2. The Morgan fingerprint density at radius 1 is 1.42 bits per heavy atom. The van der Waals surface area contributed by atoms with Crippen molar-refractivity contribution in [2.45, 2.75) is 52.2 Å². The minimum atomic E-state index is 0.112. The summed E-state index contributed by atoms with van der Waals surface area (Å²) in [6.07, 6.45) is 8.05. The van der Waals surface area contributed by atoms with Crippen molar-refractivity contribution in [3.8, 4) is 5.75 Å². The number of likely N-dealkylation sites (tertiary alicyclic amines) is 1. The molecular weight excluding hydrogens is 344 g/mol. The predicted molar refractivity (Wildman–Crippen MR) is 106 cm³/mol. The van der Waals surface area contributed by atoms with Gasteiger partial charge in [-0.15, -0.1) is 11.3 Å². The van der Waals surface area contributed by atoms with E-state index in [4.69, 9.17) is 4.74 Å². The van der Waals surface area contributed by atoms with Crippen LogP contribution in [-0.4, -0.2) is 28.4 Å². The standard InChI is InChI=1S/C21H26N2O2S/c1-3-19-8-4-5-12-23(19)21(24)11-10-17-7-6-9-20(13-17)25-14-18-15-26-16(2)22-18/h6-7,9-11,13,15,19H,3-5,8,12,14H2,1-2H3/b11-10+. The summed E-state index contributed by atoms with van der Waals surface area (Å²) < 4.78 is 5.82. The first-order valence-electron chi connectivity index (χ1n) is 9.28. The van der Waals surface area contributed by atoms with Gasteiger partial charge in [0.2, 0.25) is 5.91 Å². The van der Waals surface area contributed by atoms with Crippen molar-refractivity contribution in [1.82, 2.24) is 9.88 Å². The number of rotatable bonds is 6. The molecule has 0 spiro atoms. The number of amides is 1. The van der Waals surface area contributed by atoms with Crippen molar-refractivity contribution < 1.29 is 9.53 Å². The quantitative estimate of drug-likeness (QED) is 0.684. The lowest BCUT2D eigenvalue weighted by Gasteiger charge is -2.34. The van der Waals surface area contributed by atoms with Crippen LogP contribution in [-0.2, 0) is 11.4 Å². The van der Waals surface area contributed by atoms with Gasteiger partial charge in [-0.05, 0) is 56.4 Å². The molecule has 0 N–H and O–H groups in total. The van der Waals surface area contributed by atoms with Crippen LogP contribution in [0.5, 0.6) is 5.75 Å². The third kappa shape index (κ3) is 4.94. The Bertz CT molecular complexity index is 769. The average molecular weight is 371 g/mol. The number of benzene rings is 1. The second kappa shape index (κ2) is 8.99. The van der Waals surface area contributed by atoms with Gasteiger partial charge in [-0.2, -0.15) is 0 Å². The van der Waals surface area contributed by atoms with Crippen LogP contribution in [0.15, 0.2) is 35.7 Å². The van der Waals surface area contributed by atoms with E-state index in [1.54, 1.807) is 17.4 Å². The first-order chi connectivity index (χ1) is 12.7. The maximum Gasteiger partial charge on any atom is 0.246 e. The first kappa shape index (κ1) is 18.6. The topological polar surface area (TPSA) is 42.4 Å². The second-order valence-electron chi connectivity index (χ2n) is 6.64. The number of hydrogen-bond acceptors (Lipinski definition) is 4. The highest BCUT2D eigenvalue weighted by Crippen LogP contribution is 2.21. The van der Waals surface area contributed by atoms with Crippen LogP contribution in [0.2, 0.25) is 0 Å². The van der Waals surface area contributed by atoms with Gasteiger partial charge < -0.3 is 9.64 Å². The van der Waals surface area contributed by atoms with E-state index >= 15 is 0 Å². The van der Waals surface area contributed by atoms with E-state index in [1.165, 1.54) is 6.42 Å². The summed E-state index contributed by atoms with van der Waals surface area (Å²) >= 11 is 1.63. The van der Waals surface area contributed by atoms with E-state index in [1.807, 2.05) is 47.5 Å². The normalized spacial score (nSPS) is 17.6. The Morgan fingerprint density at radius 3 is 3.08 bits per heavy atom. The maximum absolute atomic E-state index is 12.5. The molecular formula is C21H26N2O2S. The summed E-state index contributed by atoms with van der Waals surface area (Å²) in [5.74, 6) is 0.899. The monoisotopic (exact) mass is 370 g/mol. The average Bonchev–Trinajstić information content (AvgIpc) is 3.10. The molecule has 2 heterocycles. The van der Waals surface area contributed by atoms with Crippen molar-refractivity contribution in [3.05, 3.63) is 52.0 Å². The summed E-state index contributed by atoms with van der Waals surface area (Å²) in [6, 6.07) is 8.20. The molecule has 1 unspecified atom stereocenters. The summed E-state index contributed by atoms with van der Waals surface area (Å²) in [5.41, 5.74) is 1.91. The minimum Gasteiger partial charge on any atom is -0.487 e. The Hall–Kier alpha value is -2.14. The van der Waals surface area contributed by atoms with E-state index < -0.39 is 0 Å². The highest BCUT2D eigenvalue weighted by Gasteiger charge is 2.23. The number of thiazole rings is 1. The number of hydrogen-bond donors (Lipinski definition) is 0. The van der Waals surface area contributed by atoms with E-state index in [0.717, 1.165) is 47.8 Å². The molecule has 1 amide bonds. The Kier molecular flexibility index (Phi) is 6.45. The number of aryl methyl sites for hydroxylation is 1. The van der Waals surface area contributed by atoms with Crippen LogP contribution in [0.1, 0.15) is 48.9 Å². The van der Waals surface area contributed by atoms with Crippen molar-refractivity contribution in [1.29, 1.82) is 0 Å². The molecule has 0 aliphatic carbocycles. The molecule has 0 bridgehead atoms. The molecule has 1 aromatic heterocycles. The second-order valence-corrected chi connectivity index (χ2v) is 7.70. The Balaban J connectivity index is 1.60. The molecule has 0 radical (unpaired) electrons. The molecule has 1 aliphatic heterocycles. The SMILES string of the molecule is CCC1CCCCN1C(=O)/C=C/c1cccc(OCc2csc(C)n2)c1. The largest absolute Gasteiger partial charge is 0.487 e. The van der Waals surface area contributed by atoms with Gasteiger partial charge in [-0.1, -0.05) is 19.1 Å². The third-order valence-electron chi connectivity index (χ3n) is 4.71. The molecule has 1 fully saturated rings. The molecule has 1 aromatic carbocycles. The lowest BCUT2D eigenvalue weighted by atomic mass is 10.00. The smallest absolute Gasteiger partial charge is 0.246 e. The van der Waals surface area contributed by atoms with Gasteiger partial charge in [0.1, 0.15) is 12.4 Å². The zero-order valence-electron chi connectivity index (χ0n) is 15.5. The fourth-order valence-electron chi connectivity index (χ4n) is 3.32. The maximum atomic E-state index is 12.5. The molecule has 2 aromatic rings. The molecule has 26 heavy (non-hydrogen) atoms. The molecule has 1 saturated heterocycles. The summed E-state index contributed by atoms with van der Waals surface area (Å²) in [7, 11) is 0. The van der Waals surface area contributed by atoms with Crippen LogP contribution in [0.3, 0.4) is 0 Å². The molecule has 1 aliphatic rings. The number of ether oxygens (including phenoxy) is 1. The van der Waals surface area contributed by atoms with E-state index in [0.29, 0.717) is 12.6 Å². The number of nitrogens with zero attached hydrogens (tertiary/aromatic N) is 2. The van der Waals surface area contributed by atoms with Crippen molar-refractivity contribution >= 4 is 23.3 Å². The van der Waals surface area contributed by atoms with Crippen LogP contribution in [0.4, 0.5) is 0 Å². The van der Waals surface area contributed by atoms with Gasteiger partial charge in [0.05, 0.1) is 10.7 Å². The van der Waals surface area contributed by atoms with Gasteiger partial charge >= 0.3 is 0 Å². The zero-order chi connectivity index (χ0) is 18.4. The lowest BCUT2D eigenvalue weighted by Crippen LogP contribution is -2.42.